The van der Waals surface area contributed by atoms with Gasteiger partial charge in [-0.15, -0.1) is 0 Å². The van der Waals surface area contributed by atoms with Gasteiger partial charge in [0.05, 0.1) is 11.4 Å². The topological polar surface area (TPSA) is 96.3 Å². The Morgan fingerprint density at radius 3 is 2.50 bits per heavy atom. The third-order valence-electron chi connectivity index (χ3n) is 5.27. The van der Waals surface area contributed by atoms with Gasteiger partial charge in [0, 0.05) is 42.4 Å². The first-order valence-corrected chi connectivity index (χ1v) is 10.5. The van der Waals surface area contributed by atoms with Crippen LogP contribution in [0.15, 0.2) is 60.8 Å². The average molecular weight is 452 g/mol. The minimum Gasteiger partial charge on any atom is -0.341 e. The summed E-state index contributed by atoms with van der Waals surface area (Å²) in [6.45, 7) is 0.340. The molecule has 1 fully saturated rings. The van der Waals surface area contributed by atoms with Crippen LogP contribution in [0.3, 0.4) is 0 Å². The number of nitrogens with zero attached hydrogens (tertiary/aromatic N) is 3. The Labute approximate surface area is 190 Å². The summed E-state index contributed by atoms with van der Waals surface area (Å²) in [4.78, 5) is 37.2. The Bertz CT molecular complexity index is 1140. The fourth-order valence-electron chi connectivity index (χ4n) is 3.55. The molecule has 164 valence electrons. The van der Waals surface area contributed by atoms with Crippen molar-refractivity contribution in [3.05, 3.63) is 71.4 Å². The van der Waals surface area contributed by atoms with E-state index in [0.717, 1.165) is 22.5 Å². The molecule has 32 heavy (non-hydrogen) atoms. The van der Waals surface area contributed by atoms with Gasteiger partial charge in [-0.3, -0.25) is 14.9 Å². The number of hydrogen-bond acceptors (Lipinski definition) is 4. The van der Waals surface area contributed by atoms with Crippen LogP contribution in [0, 0.1) is 0 Å². The Kier molecular flexibility index (Phi) is 6.23. The highest BCUT2D eigenvalue weighted by Crippen LogP contribution is 2.26. The maximum absolute atomic E-state index is 12.7. The number of imide groups is 1. The number of carbonyl (C=O) groups excluding carboxylic acids is 3. The van der Waals surface area contributed by atoms with E-state index in [2.05, 4.69) is 10.6 Å². The van der Waals surface area contributed by atoms with Crippen LogP contribution < -0.4 is 10.6 Å². The number of halogens is 1. The minimum atomic E-state index is -0.676. The first kappa shape index (κ1) is 21.6. The Hall–Kier alpha value is -3.65. The zero-order chi connectivity index (χ0) is 22.7. The summed E-state index contributed by atoms with van der Waals surface area (Å²) in [6.07, 6.45) is 2.29. The van der Waals surface area contributed by atoms with E-state index in [1.54, 1.807) is 28.8 Å². The lowest BCUT2D eigenvalue weighted by molar-refractivity contribution is -0.130. The molecule has 1 aliphatic rings. The zero-order valence-electron chi connectivity index (χ0n) is 17.4. The average Bonchev–Trinajstić information content (AvgIpc) is 3.35. The van der Waals surface area contributed by atoms with E-state index in [0.29, 0.717) is 11.6 Å². The Balaban J connectivity index is 1.52. The van der Waals surface area contributed by atoms with Crippen molar-refractivity contribution in [2.75, 3.05) is 7.05 Å². The van der Waals surface area contributed by atoms with Crippen molar-refractivity contribution in [3.8, 4) is 16.9 Å². The van der Waals surface area contributed by atoms with Crippen molar-refractivity contribution in [2.24, 2.45) is 0 Å². The van der Waals surface area contributed by atoms with Gasteiger partial charge in [0.1, 0.15) is 6.04 Å². The number of benzene rings is 2. The number of carbonyl (C=O) groups is 3. The van der Waals surface area contributed by atoms with Crippen LogP contribution in [-0.4, -0.2) is 45.6 Å². The lowest BCUT2D eigenvalue weighted by Crippen LogP contribution is -2.32. The Morgan fingerprint density at radius 2 is 1.84 bits per heavy atom. The number of urea groups is 1. The summed E-state index contributed by atoms with van der Waals surface area (Å²) in [5.74, 6) is -0.534. The first-order valence-electron chi connectivity index (χ1n) is 10.2. The largest absolute Gasteiger partial charge is 0.341 e. The first-order chi connectivity index (χ1) is 15.4. The highest BCUT2D eigenvalue weighted by molar-refractivity contribution is 6.30. The lowest BCUT2D eigenvalue weighted by atomic mass is 10.1. The van der Waals surface area contributed by atoms with Gasteiger partial charge in [-0.05, 0) is 30.7 Å². The summed E-state index contributed by atoms with van der Waals surface area (Å²) in [5.41, 5.74) is 3.43. The molecule has 0 spiro atoms. The third kappa shape index (κ3) is 4.81. The van der Waals surface area contributed by atoms with E-state index >= 15 is 0 Å². The van der Waals surface area contributed by atoms with E-state index in [1.165, 1.54) is 0 Å². The quantitative estimate of drug-likeness (QED) is 0.539. The highest BCUT2D eigenvalue weighted by atomic mass is 35.5. The molecule has 3 aromatic rings. The molecule has 0 radical (unpaired) electrons. The molecule has 1 aromatic heterocycles. The molecule has 4 amide bonds. The summed E-state index contributed by atoms with van der Waals surface area (Å²) in [6, 6.07) is 15.9. The van der Waals surface area contributed by atoms with E-state index in [-0.39, 0.29) is 18.7 Å². The monoisotopic (exact) mass is 451 g/mol. The van der Waals surface area contributed by atoms with Crippen molar-refractivity contribution >= 4 is 29.4 Å². The maximum Gasteiger partial charge on any atom is 0.322 e. The SMILES string of the molecule is CN(Cc1cn(-c2ccccc2)nc1-c1ccc(Cl)cc1)C(=O)CC[C@H]1NC(=O)NC1=O. The summed E-state index contributed by atoms with van der Waals surface area (Å²) < 4.78 is 1.79. The van der Waals surface area contributed by atoms with E-state index in [1.807, 2.05) is 48.7 Å². The van der Waals surface area contributed by atoms with Crippen molar-refractivity contribution in [2.45, 2.75) is 25.4 Å². The molecule has 0 aliphatic carbocycles. The molecular formula is C23H22ClN5O3. The maximum atomic E-state index is 12.7. The summed E-state index contributed by atoms with van der Waals surface area (Å²) in [5, 5.41) is 10.1. The van der Waals surface area contributed by atoms with Crippen LogP contribution in [0.25, 0.3) is 16.9 Å². The second-order valence-corrected chi connectivity index (χ2v) is 8.03. The van der Waals surface area contributed by atoms with Gasteiger partial charge in [0.15, 0.2) is 0 Å². The molecule has 8 nitrogen and oxygen atoms in total. The second-order valence-electron chi connectivity index (χ2n) is 7.59. The van der Waals surface area contributed by atoms with Crippen LogP contribution in [-0.2, 0) is 16.1 Å². The molecule has 0 saturated carbocycles. The molecule has 0 bridgehead atoms. The van der Waals surface area contributed by atoms with Crippen LogP contribution >= 0.6 is 11.6 Å². The molecule has 9 heteroatoms. The number of para-hydroxylation sites is 1. The van der Waals surface area contributed by atoms with Crippen LogP contribution in [0.5, 0.6) is 0 Å². The molecule has 4 rings (SSSR count). The Morgan fingerprint density at radius 1 is 1.12 bits per heavy atom. The predicted molar refractivity (Wildman–Crippen MR) is 120 cm³/mol. The summed E-state index contributed by atoms with van der Waals surface area (Å²) in [7, 11) is 1.71. The molecular weight excluding hydrogens is 430 g/mol. The van der Waals surface area contributed by atoms with Crippen molar-refractivity contribution < 1.29 is 14.4 Å². The molecule has 1 aliphatic heterocycles. The van der Waals surface area contributed by atoms with E-state index < -0.39 is 18.0 Å². The molecule has 2 N–H and O–H groups in total. The molecule has 1 saturated heterocycles. The number of amides is 4. The fraction of sp³-hybridized carbons (Fsp3) is 0.217. The number of hydrogen-bond donors (Lipinski definition) is 2. The normalized spacial score (nSPS) is 15.4. The highest BCUT2D eigenvalue weighted by Gasteiger charge is 2.30. The van der Waals surface area contributed by atoms with Crippen molar-refractivity contribution in [1.29, 1.82) is 0 Å². The number of rotatable bonds is 7. The fourth-order valence-corrected chi connectivity index (χ4v) is 3.68. The van der Waals surface area contributed by atoms with Gasteiger partial charge in [0.25, 0.3) is 5.91 Å². The van der Waals surface area contributed by atoms with E-state index in [9.17, 15) is 14.4 Å². The summed E-state index contributed by atoms with van der Waals surface area (Å²) >= 11 is 6.04. The van der Waals surface area contributed by atoms with Crippen LogP contribution in [0.4, 0.5) is 4.79 Å². The molecule has 2 heterocycles. The predicted octanol–water partition coefficient (Wildman–Crippen LogP) is 3.14. The van der Waals surface area contributed by atoms with Gasteiger partial charge < -0.3 is 10.2 Å². The molecule has 2 aromatic carbocycles. The standard InChI is InChI=1S/C23H22ClN5O3/c1-28(20(30)12-11-19-22(31)26-23(32)25-19)13-16-14-29(18-5-3-2-4-6-18)27-21(16)15-7-9-17(24)10-8-15/h2-10,14,19H,11-13H2,1H3,(H2,25,26,31,32)/t19-/m1/s1. The molecule has 0 unspecified atom stereocenters. The molecule has 1 atom stereocenters. The van der Waals surface area contributed by atoms with Gasteiger partial charge in [-0.1, -0.05) is 41.9 Å². The second kappa shape index (κ2) is 9.23. The lowest BCUT2D eigenvalue weighted by Gasteiger charge is -2.18. The third-order valence-corrected chi connectivity index (χ3v) is 5.52. The van der Waals surface area contributed by atoms with Crippen molar-refractivity contribution in [1.82, 2.24) is 25.3 Å². The number of aromatic nitrogens is 2. The van der Waals surface area contributed by atoms with Gasteiger partial charge >= 0.3 is 6.03 Å². The van der Waals surface area contributed by atoms with Gasteiger partial charge in [-0.2, -0.15) is 5.10 Å². The smallest absolute Gasteiger partial charge is 0.322 e. The van der Waals surface area contributed by atoms with Gasteiger partial charge in [0.2, 0.25) is 5.91 Å². The zero-order valence-corrected chi connectivity index (χ0v) is 18.2. The van der Waals surface area contributed by atoms with Crippen molar-refractivity contribution in [3.63, 3.8) is 0 Å². The van der Waals surface area contributed by atoms with E-state index in [4.69, 9.17) is 16.7 Å². The van der Waals surface area contributed by atoms with Gasteiger partial charge in [-0.25, -0.2) is 9.48 Å². The minimum absolute atomic E-state index is 0.131. The number of nitrogens with one attached hydrogen (secondary N) is 2. The van der Waals surface area contributed by atoms with Crippen LogP contribution in [0.1, 0.15) is 18.4 Å². The van der Waals surface area contributed by atoms with Crippen LogP contribution in [0.2, 0.25) is 5.02 Å².